The van der Waals surface area contributed by atoms with Gasteiger partial charge in [0.15, 0.2) is 0 Å². The number of benzene rings is 2. The smallest absolute Gasteiger partial charge is 0.286 e. The normalized spacial score (nSPS) is 10.4. The molecule has 0 radical (unpaired) electrons. The van der Waals surface area contributed by atoms with Crippen molar-refractivity contribution in [2.24, 2.45) is 0 Å². The number of carbonyl (C=O) groups is 2. The van der Waals surface area contributed by atoms with Crippen molar-refractivity contribution >= 4 is 28.8 Å². The van der Waals surface area contributed by atoms with Crippen LogP contribution in [0, 0.1) is 6.92 Å². The second-order valence-electron chi connectivity index (χ2n) is 6.06. The number of hydrogen-bond acceptors (Lipinski definition) is 5. The van der Waals surface area contributed by atoms with Crippen LogP contribution in [0.2, 0.25) is 0 Å². The van der Waals surface area contributed by atoms with E-state index in [1.807, 2.05) is 38.1 Å². The van der Waals surface area contributed by atoms with Crippen LogP contribution in [0.3, 0.4) is 0 Å². The van der Waals surface area contributed by atoms with E-state index < -0.39 is 0 Å². The predicted octanol–water partition coefficient (Wildman–Crippen LogP) is 3.59. The van der Waals surface area contributed by atoms with Crippen molar-refractivity contribution in [3.05, 3.63) is 75.2 Å². The molecule has 2 amide bonds. The molecule has 0 saturated heterocycles. The SMILES string of the molecule is CCc1nnc(C(=O)Nc2cccc(C(=O)NCc3ccc(C)cc3)c2)s1. The van der Waals surface area contributed by atoms with Gasteiger partial charge in [0.2, 0.25) is 5.01 Å². The number of nitrogens with zero attached hydrogens (tertiary/aromatic N) is 2. The lowest BCUT2D eigenvalue weighted by Crippen LogP contribution is -2.23. The number of carbonyl (C=O) groups excluding carboxylic acids is 2. The first-order valence-electron chi connectivity index (χ1n) is 8.62. The third-order valence-electron chi connectivity index (χ3n) is 3.92. The van der Waals surface area contributed by atoms with Crippen LogP contribution < -0.4 is 10.6 Å². The molecule has 138 valence electrons. The molecule has 0 saturated carbocycles. The molecule has 3 rings (SSSR count). The molecule has 0 aliphatic rings. The molecule has 7 heteroatoms. The molecular formula is C20H20N4O2S. The second kappa shape index (κ2) is 8.55. The van der Waals surface area contributed by atoms with Crippen LogP contribution in [0.15, 0.2) is 48.5 Å². The van der Waals surface area contributed by atoms with Gasteiger partial charge in [0.05, 0.1) is 0 Å². The molecule has 2 aromatic carbocycles. The van der Waals surface area contributed by atoms with Crippen molar-refractivity contribution in [1.29, 1.82) is 0 Å². The van der Waals surface area contributed by atoms with Crippen LogP contribution in [0.25, 0.3) is 0 Å². The zero-order valence-corrected chi connectivity index (χ0v) is 16.0. The van der Waals surface area contributed by atoms with Gasteiger partial charge in [-0.05, 0) is 37.1 Å². The molecule has 6 nitrogen and oxygen atoms in total. The Morgan fingerprint density at radius 2 is 1.81 bits per heavy atom. The van der Waals surface area contributed by atoms with Gasteiger partial charge in [-0.2, -0.15) is 0 Å². The van der Waals surface area contributed by atoms with Crippen molar-refractivity contribution in [1.82, 2.24) is 15.5 Å². The summed E-state index contributed by atoms with van der Waals surface area (Å²) in [6.45, 7) is 4.42. The fourth-order valence-electron chi connectivity index (χ4n) is 2.40. The summed E-state index contributed by atoms with van der Waals surface area (Å²) in [6.07, 6.45) is 0.738. The highest BCUT2D eigenvalue weighted by atomic mass is 32.1. The lowest BCUT2D eigenvalue weighted by atomic mass is 10.1. The Kier molecular flexibility index (Phi) is 5.93. The van der Waals surface area contributed by atoms with Crippen LogP contribution >= 0.6 is 11.3 Å². The topological polar surface area (TPSA) is 84.0 Å². The fourth-order valence-corrected chi connectivity index (χ4v) is 3.08. The predicted molar refractivity (Wildman–Crippen MR) is 106 cm³/mol. The van der Waals surface area contributed by atoms with Gasteiger partial charge in [0.1, 0.15) is 5.01 Å². The number of rotatable bonds is 6. The van der Waals surface area contributed by atoms with Gasteiger partial charge in [-0.1, -0.05) is 54.2 Å². The third kappa shape index (κ3) is 4.98. The average Bonchev–Trinajstić information content (AvgIpc) is 3.17. The summed E-state index contributed by atoms with van der Waals surface area (Å²) in [5.74, 6) is -0.528. The maximum Gasteiger partial charge on any atom is 0.286 e. The summed E-state index contributed by atoms with van der Waals surface area (Å²) in [5.41, 5.74) is 3.22. The van der Waals surface area contributed by atoms with Crippen LogP contribution in [-0.2, 0) is 13.0 Å². The van der Waals surface area contributed by atoms with E-state index in [2.05, 4.69) is 20.8 Å². The molecule has 2 N–H and O–H groups in total. The van der Waals surface area contributed by atoms with E-state index in [4.69, 9.17) is 0 Å². The maximum absolute atomic E-state index is 12.4. The molecule has 0 fully saturated rings. The molecule has 27 heavy (non-hydrogen) atoms. The molecule has 3 aromatic rings. The summed E-state index contributed by atoms with van der Waals surface area (Å²) in [4.78, 5) is 24.6. The van der Waals surface area contributed by atoms with Gasteiger partial charge in [-0.15, -0.1) is 10.2 Å². The Morgan fingerprint density at radius 1 is 1.04 bits per heavy atom. The number of nitrogens with one attached hydrogen (secondary N) is 2. The first-order valence-corrected chi connectivity index (χ1v) is 9.44. The Labute approximate surface area is 161 Å². The number of hydrogen-bond donors (Lipinski definition) is 2. The Morgan fingerprint density at radius 3 is 2.52 bits per heavy atom. The Balaban J connectivity index is 1.62. The highest BCUT2D eigenvalue weighted by Crippen LogP contribution is 2.15. The molecule has 0 atom stereocenters. The van der Waals surface area contributed by atoms with Gasteiger partial charge in [-0.25, -0.2) is 0 Å². The number of anilines is 1. The van der Waals surface area contributed by atoms with Crippen molar-refractivity contribution < 1.29 is 9.59 Å². The standard InChI is InChI=1S/C20H20N4O2S/c1-3-17-23-24-20(27-17)19(26)22-16-6-4-5-15(11-16)18(25)21-12-14-9-7-13(2)8-10-14/h4-11H,3,12H2,1-2H3,(H,21,25)(H,22,26). The van der Waals surface area contributed by atoms with Crippen LogP contribution in [-0.4, -0.2) is 22.0 Å². The minimum atomic E-state index is -0.329. The van der Waals surface area contributed by atoms with Crippen LogP contribution in [0.4, 0.5) is 5.69 Å². The summed E-state index contributed by atoms with van der Waals surface area (Å²) in [7, 11) is 0. The molecular weight excluding hydrogens is 360 g/mol. The summed E-state index contributed by atoms with van der Waals surface area (Å²) in [6, 6.07) is 14.8. The Bertz CT molecular complexity index is 951. The van der Waals surface area contributed by atoms with Crippen molar-refractivity contribution in [3.8, 4) is 0 Å². The van der Waals surface area contributed by atoms with E-state index in [9.17, 15) is 9.59 Å². The van der Waals surface area contributed by atoms with Gasteiger partial charge >= 0.3 is 0 Å². The van der Waals surface area contributed by atoms with Gasteiger partial charge in [-0.3, -0.25) is 9.59 Å². The molecule has 1 aromatic heterocycles. The van der Waals surface area contributed by atoms with Crippen LogP contribution in [0.5, 0.6) is 0 Å². The highest BCUT2D eigenvalue weighted by molar-refractivity contribution is 7.13. The van der Waals surface area contributed by atoms with E-state index in [0.29, 0.717) is 22.8 Å². The molecule has 0 aliphatic heterocycles. The van der Waals surface area contributed by atoms with E-state index in [0.717, 1.165) is 17.0 Å². The van der Waals surface area contributed by atoms with E-state index in [1.54, 1.807) is 24.3 Å². The number of aromatic nitrogens is 2. The maximum atomic E-state index is 12.4. The zero-order valence-electron chi connectivity index (χ0n) is 15.2. The van der Waals surface area contributed by atoms with E-state index >= 15 is 0 Å². The highest BCUT2D eigenvalue weighted by Gasteiger charge is 2.13. The van der Waals surface area contributed by atoms with Gasteiger partial charge < -0.3 is 10.6 Å². The first-order chi connectivity index (χ1) is 13.0. The number of amides is 2. The summed E-state index contributed by atoms with van der Waals surface area (Å²) < 4.78 is 0. The molecule has 0 spiro atoms. The van der Waals surface area contributed by atoms with Gasteiger partial charge in [0, 0.05) is 17.8 Å². The van der Waals surface area contributed by atoms with Crippen molar-refractivity contribution in [2.75, 3.05) is 5.32 Å². The third-order valence-corrected chi connectivity index (χ3v) is 4.99. The monoisotopic (exact) mass is 380 g/mol. The zero-order chi connectivity index (χ0) is 19.2. The minimum absolute atomic E-state index is 0.198. The summed E-state index contributed by atoms with van der Waals surface area (Å²) in [5, 5.41) is 14.6. The molecule has 0 aliphatic carbocycles. The van der Waals surface area contributed by atoms with E-state index in [-0.39, 0.29) is 11.8 Å². The lowest BCUT2D eigenvalue weighted by Gasteiger charge is -2.08. The van der Waals surface area contributed by atoms with Crippen molar-refractivity contribution in [2.45, 2.75) is 26.8 Å². The molecule has 1 heterocycles. The van der Waals surface area contributed by atoms with E-state index in [1.165, 1.54) is 16.9 Å². The summed E-state index contributed by atoms with van der Waals surface area (Å²) >= 11 is 1.26. The lowest BCUT2D eigenvalue weighted by molar-refractivity contribution is 0.0949. The first kappa shape index (κ1) is 18.7. The van der Waals surface area contributed by atoms with Crippen LogP contribution in [0.1, 0.15) is 43.2 Å². The second-order valence-corrected chi connectivity index (χ2v) is 7.12. The quantitative estimate of drug-likeness (QED) is 0.684. The fraction of sp³-hybridized carbons (Fsp3) is 0.200. The molecule has 0 unspecified atom stereocenters. The van der Waals surface area contributed by atoms with Crippen molar-refractivity contribution in [3.63, 3.8) is 0 Å². The van der Waals surface area contributed by atoms with Gasteiger partial charge in [0.25, 0.3) is 11.8 Å². The largest absolute Gasteiger partial charge is 0.348 e. The molecule has 0 bridgehead atoms. The Hall–Kier alpha value is -3.06. The minimum Gasteiger partial charge on any atom is -0.348 e. The average molecular weight is 380 g/mol. The number of aryl methyl sites for hydroxylation is 2.